The number of rotatable bonds is 53. The number of ether oxygens (including phenoxy) is 3. The second kappa shape index (κ2) is 55.4. The summed E-state index contributed by atoms with van der Waals surface area (Å²) in [6, 6.07) is 0. The van der Waals surface area contributed by atoms with Crippen molar-refractivity contribution in [2.45, 2.75) is 309 Å². The van der Waals surface area contributed by atoms with Gasteiger partial charge >= 0.3 is 11.9 Å². The highest BCUT2D eigenvalue weighted by Gasteiger charge is 2.17. The predicted molar refractivity (Wildman–Crippen MR) is 279 cm³/mol. The molecule has 1 unspecified atom stereocenters. The molecule has 0 aliphatic heterocycles. The number of allylic oxidation sites excluding steroid dienone is 6. The number of carbonyl (C=O) groups excluding carboxylic acids is 2. The lowest BCUT2D eigenvalue weighted by Gasteiger charge is -2.18. The molecule has 1 atom stereocenters. The largest absolute Gasteiger partial charge is 0.462 e. The summed E-state index contributed by atoms with van der Waals surface area (Å²) in [5.74, 6) is -0.399. The first kappa shape index (κ1) is 62.1. The van der Waals surface area contributed by atoms with Crippen molar-refractivity contribution in [3.05, 3.63) is 36.5 Å². The average molecular weight is 900 g/mol. The van der Waals surface area contributed by atoms with Gasteiger partial charge in [-0.25, -0.2) is 0 Å². The molecular weight excluding hydrogens is 789 g/mol. The van der Waals surface area contributed by atoms with Crippen LogP contribution in [0.3, 0.4) is 0 Å². The van der Waals surface area contributed by atoms with Crippen molar-refractivity contribution in [2.24, 2.45) is 0 Å². The smallest absolute Gasteiger partial charge is 0.306 e. The van der Waals surface area contributed by atoms with E-state index in [9.17, 15) is 9.59 Å². The molecule has 0 aromatic heterocycles. The molecule has 0 heterocycles. The molecular formula is C59H110O5. The summed E-state index contributed by atoms with van der Waals surface area (Å²) in [7, 11) is 0. The van der Waals surface area contributed by atoms with Crippen molar-refractivity contribution < 1.29 is 23.8 Å². The topological polar surface area (TPSA) is 61.8 Å². The third-order valence-electron chi connectivity index (χ3n) is 12.6. The summed E-state index contributed by atoms with van der Waals surface area (Å²) in [5.41, 5.74) is 0. The third-order valence-corrected chi connectivity index (χ3v) is 12.6. The summed E-state index contributed by atoms with van der Waals surface area (Å²) in [4.78, 5) is 25.5. The fraction of sp³-hybridized carbons (Fsp3) is 0.864. The van der Waals surface area contributed by atoms with E-state index < -0.39 is 6.10 Å². The van der Waals surface area contributed by atoms with E-state index in [0.29, 0.717) is 19.4 Å². The number of hydrogen-bond acceptors (Lipinski definition) is 5. The molecule has 0 radical (unpaired) electrons. The summed E-state index contributed by atoms with van der Waals surface area (Å²) in [5, 5.41) is 0. The Hall–Kier alpha value is -1.88. The van der Waals surface area contributed by atoms with Crippen molar-refractivity contribution in [3.63, 3.8) is 0 Å². The van der Waals surface area contributed by atoms with Gasteiger partial charge in [-0.2, -0.15) is 0 Å². The number of carbonyl (C=O) groups is 2. The van der Waals surface area contributed by atoms with Gasteiger partial charge in [0.2, 0.25) is 0 Å². The van der Waals surface area contributed by atoms with E-state index in [4.69, 9.17) is 14.2 Å². The van der Waals surface area contributed by atoms with Crippen LogP contribution in [0.25, 0.3) is 0 Å². The van der Waals surface area contributed by atoms with Crippen molar-refractivity contribution in [2.75, 3.05) is 19.8 Å². The van der Waals surface area contributed by atoms with Gasteiger partial charge in [0.05, 0.1) is 6.61 Å². The van der Waals surface area contributed by atoms with Gasteiger partial charge < -0.3 is 14.2 Å². The molecule has 0 aromatic rings. The van der Waals surface area contributed by atoms with E-state index in [1.54, 1.807) is 0 Å². The van der Waals surface area contributed by atoms with Gasteiger partial charge in [0.25, 0.3) is 0 Å². The molecule has 0 aromatic carbocycles. The quantitative estimate of drug-likeness (QED) is 0.0346. The molecule has 0 aliphatic carbocycles. The molecule has 0 saturated heterocycles. The maximum absolute atomic E-state index is 12.8. The summed E-state index contributed by atoms with van der Waals surface area (Å²) in [6.07, 6.45) is 67.3. The molecule has 376 valence electrons. The van der Waals surface area contributed by atoms with Crippen LogP contribution in [0.15, 0.2) is 36.5 Å². The van der Waals surface area contributed by atoms with E-state index in [-0.39, 0.29) is 25.2 Å². The Kier molecular flexibility index (Phi) is 53.8. The molecule has 5 nitrogen and oxygen atoms in total. The van der Waals surface area contributed by atoms with Crippen LogP contribution in [0.1, 0.15) is 303 Å². The highest BCUT2D eigenvalue weighted by Crippen LogP contribution is 2.16. The minimum atomic E-state index is -0.539. The van der Waals surface area contributed by atoms with Gasteiger partial charge in [0.1, 0.15) is 6.61 Å². The minimum Gasteiger partial charge on any atom is -0.462 e. The fourth-order valence-corrected chi connectivity index (χ4v) is 8.36. The Morgan fingerprint density at radius 1 is 0.344 bits per heavy atom. The molecule has 0 spiro atoms. The zero-order chi connectivity index (χ0) is 46.3. The number of esters is 2. The Balaban J connectivity index is 4.23. The van der Waals surface area contributed by atoms with Gasteiger partial charge in [0.15, 0.2) is 6.10 Å². The van der Waals surface area contributed by atoms with Crippen molar-refractivity contribution in [1.82, 2.24) is 0 Å². The van der Waals surface area contributed by atoms with Gasteiger partial charge in [-0.1, -0.05) is 250 Å². The van der Waals surface area contributed by atoms with E-state index in [1.165, 1.54) is 212 Å². The molecule has 0 fully saturated rings. The highest BCUT2D eigenvalue weighted by molar-refractivity contribution is 5.70. The lowest BCUT2D eigenvalue weighted by molar-refractivity contribution is -0.163. The molecule has 5 heteroatoms. The zero-order valence-electron chi connectivity index (χ0n) is 43.3. The van der Waals surface area contributed by atoms with Crippen LogP contribution in [-0.4, -0.2) is 37.9 Å². The number of hydrogen-bond donors (Lipinski definition) is 0. The lowest BCUT2D eigenvalue weighted by Crippen LogP contribution is -2.30. The normalized spacial score (nSPS) is 12.4. The highest BCUT2D eigenvalue weighted by atomic mass is 16.6. The van der Waals surface area contributed by atoms with Gasteiger partial charge in [-0.05, 0) is 77.0 Å². The Morgan fingerprint density at radius 2 is 0.656 bits per heavy atom. The van der Waals surface area contributed by atoms with Gasteiger partial charge in [0, 0.05) is 19.4 Å². The first-order chi connectivity index (χ1) is 31.6. The first-order valence-corrected chi connectivity index (χ1v) is 28.5. The fourth-order valence-electron chi connectivity index (χ4n) is 8.36. The van der Waals surface area contributed by atoms with Crippen molar-refractivity contribution in [3.8, 4) is 0 Å². The maximum atomic E-state index is 12.8. The third kappa shape index (κ3) is 52.7. The summed E-state index contributed by atoms with van der Waals surface area (Å²) < 4.78 is 17.5. The standard InChI is InChI=1S/C59H110O5/c1-4-7-10-13-16-19-22-25-27-29-31-33-36-39-42-45-48-51-54-62-55-57(64-59(61)53-50-47-44-41-38-34-24-21-18-15-12-9-6-3)56-63-58(60)52-49-46-43-40-37-35-32-30-28-26-23-20-17-14-11-8-5-2/h17,20-21,24,26,28,57H,4-16,18-19,22-23,25,27,29-56H2,1-3H3/b20-17-,24-21-,28-26-. The maximum Gasteiger partial charge on any atom is 0.306 e. The van der Waals surface area contributed by atoms with Crippen molar-refractivity contribution in [1.29, 1.82) is 0 Å². The van der Waals surface area contributed by atoms with Crippen molar-refractivity contribution >= 4 is 11.9 Å². The molecule has 0 N–H and O–H groups in total. The Labute approximate surface area is 400 Å². The Morgan fingerprint density at radius 3 is 1.09 bits per heavy atom. The van der Waals surface area contributed by atoms with Crippen LogP contribution in [0.5, 0.6) is 0 Å². The lowest BCUT2D eigenvalue weighted by atomic mass is 10.0. The van der Waals surface area contributed by atoms with E-state index >= 15 is 0 Å². The minimum absolute atomic E-state index is 0.0828. The van der Waals surface area contributed by atoms with Gasteiger partial charge in [-0.3, -0.25) is 9.59 Å². The van der Waals surface area contributed by atoms with Crippen LogP contribution in [-0.2, 0) is 23.8 Å². The van der Waals surface area contributed by atoms with Crippen LogP contribution in [0, 0.1) is 0 Å². The molecule has 64 heavy (non-hydrogen) atoms. The summed E-state index contributed by atoms with van der Waals surface area (Å²) >= 11 is 0. The molecule has 0 saturated carbocycles. The van der Waals surface area contributed by atoms with E-state index in [0.717, 1.165) is 57.8 Å². The van der Waals surface area contributed by atoms with Crippen LogP contribution in [0.2, 0.25) is 0 Å². The molecule has 0 aliphatic rings. The first-order valence-electron chi connectivity index (χ1n) is 28.5. The molecule has 0 amide bonds. The van der Waals surface area contributed by atoms with E-state index in [1.807, 2.05) is 0 Å². The second-order valence-electron chi connectivity index (χ2n) is 19.2. The van der Waals surface area contributed by atoms with E-state index in [2.05, 4.69) is 57.2 Å². The molecule has 0 bridgehead atoms. The van der Waals surface area contributed by atoms with Gasteiger partial charge in [-0.15, -0.1) is 0 Å². The Bertz CT molecular complexity index is 1020. The second-order valence-corrected chi connectivity index (χ2v) is 19.2. The zero-order valence-corrected chi connectivity index (χ0v) is 43.3. The average Bonchev–Trinajstić information content (AvgIpc) is 3.30. The van der Waals surface area contributed by atoms with Crippen LogP contribution < -0.4 is 0 Å². The van der Waals surface area contributed by atoms with Crippen LogP contribution in [0.4, 0.5) is 0 Å². The predicted octanol–water partition coefficient (Wildman–Crippen LogP) is 19.4. The number of unbranched alkanes of at least 4 members (excludes halogenated alkanes) is 36. The molecule has 0 rings (SSSR count). The van der Waals surface area contributed by atoms with Crippen LogP contribution >= 0.6 is 0 Å². The summed E-state index contributed by atoms with van der Waals surface area (Å²) in [6.45, 7) is 7.83. The SMILES string of the molecule is CCCCC/C=C\C/C=C\CCCCCCCCCC(=O)OCC(COCCCCCCCCCCCCCCCCCCCC)OC(=O)CCCCCCC/C=C\CCCCCC. The monoisotopic (exact) mass is 899 g/mol.